The van der Waals surface area contributed by atoms with Gasteiger partial charge in [-0.15, -0.1) is 0 Å². The van der Waals surface area contributed by atoms with Gasteiger partial charge in [0.2, 0.25) is 0 Å². The lowest BCUT2D eigenvalue weighted by Crippen LogP contribution is -2.38. The minimum Gasteiger partial charge on any atom is -0.349 e. The van der Waals surface area contributed by atoms with Gasteiger partial charge < -0.3 is 11.1 Å². The van der Waals surface area contributed by atoms with E-state index >= 15 is 0 Å². The van der Waals surface area contributed by atoms with Crippen LogP contribution in [0.15, 0.2) is 30.6 Å². The third-order valence-electron chi connectivity index (χ3n) is 5.89. The Hall–Kier alpha value is -2.21. The van der Waals surface area contributed by atoms with Crippen molar-refractivity contribution >= 4 is 5.91 Å². The Morgan fingerprint density at radius 1 is 1.32 bits per heavy atom. The van der Waals surface area contributed by atoms with E-state index in [1.807, 2.05) is 35.9 Å². The van der Waals surface area contributed by atoms with Gasteiger partial charge in [0.1, 0.15) is 6.33 Å². The van der Waals surface area contributed by atoms with Crippen molar-refractivity contribution in [2.24, 2.45) is 11.1 Å². The van der Waals surface area contributed by atoms with Gasteiger partial charge in [0.25, 0.3) is 5.91 Å². The fourth-order valence-corrected chi connectivity index (χ4v) is 4.05. The molecule has 1 spiro atoms. The van der Waals surface area contributed by atoms with E-state index in [2.05, 4.69) is 15.4 Å². The molecule has 6 nitrogen and oxygen atoms in total. The molecule has 0 aliphatic heterocycles. The van der Waals surface area contributed by atoms with E-state index in [0.29, 0.717) is 17.0 Å². The lowest BCUT2D eigenvalue weighted by molar-refractivity contribution is 0.0919. The van der Waals surface area contributed by atoms with Gasteiger partial charge in [0.05, 0.1) is 0 Å². The van der Waals surface area contributed by atoms with Gasteiger partial charge in [0.15, 0.2) is 5.82 Å². The number of nitrogens with two attached hydrogens (primary N) is 1. The Morgan fingerprint density at radius 2 is 2.00 bits per heavy atom. The largest absolute Gasteiger partial charge is 0.349 e. The van der Waals surface area contributed by atoms with Gasteiger partial charge >= 0.3 is 0 Å². The van der Waals surface area contributed by atoms with E-state index in [0.717, 1.165) is 50.0 Å². The normalized spacial score (nSPS) is 28.1. The van der Waals surface area contributed by atoms with E-state index in [1.54, 1.807) is 6.33 Å². The average Bonchev–Trinajstić information content (AvgIpc) is 3.05. The Bertz CT molecular complexity index is 758. The zero-order chi connectivity index (χ0) is 17.4. The van der Waals surface area contributed by atoms with Gasteiger partial charge in [-0.2, -0.15) is 5.10 Å². The van der Waals surface area contributed by atoms with Gasteiger partial charge in [-0.1, -0.05) is 12.1 Å². The highest BCUT2D eigenvalue weighted by Crippen LogP contribution is 2.54. The molecule has 2 aliphatic rings. The molecule has 0 radical (unpaired) electrons. The summed E-state index contributed by atoms with van der Waals surface area (Å²) in [6, 6.07) is 8.26. The third-order valence-corrected chi connectivity index (χ3v) is 5.89. The summed E-state index contributed by atoms with van der Waals surface area (Å²) in [6.07, 6.45) is 7.09. The summed E-state index contributed by atoms with van der Waals surface area (Å²) < 4.78 is 1.84. The second kappa shape index (κ2) is 6.26. The number of hydrogen-bond acceptors (Lipinski definition) is 4. The number of aryl methyl sites for hydroxylation is 1. The summed E-state index contributed by atoms with van der Waals surface area (Å²) in [6.45, 7) is 2.80. The first-order valence-electron chi connectivity index (χ1n) is 9.16. The van der Waals surface area contributed by atoms with E-state index in [-0.39, 0.29) is 11.9 Å². The van der Waals surface area contributed by atoms with Crippen LogP contribution in [0.5, 0.6) is 0 Å². The zero-order valence-electron chi connectivity index (χ0n) is 14.6. The zero-order valence-corrected chi connectivity index (χ0v) is 14.6. The summed E-state index contributed by atoms with van der Waals surface area (Å²) in [5.74, 6) is 0.831. The van der Waals surface area contributed by atoms with Gasteiger partial charge in [-0.05, 0) is 56.6 Å². The molecular weight excluding hydrogens is 314 g/mol. The van der Waals surface area contributed by atoms with Crippen LogP contribution in [0.4, 0.5) is 0 Å². The highest BCUT2D eigenvalue weighted by atomic mass is 16.1. The number of nitrogens with one attached hydrogen (secondary N) is 1. The van der Waals surface area contributed by atoms with Crippen molar-refractivity contribution in [3.63, 3.8) is 0 Å². The molecule has 1 heterocycles. The molecule has 2 saturated carbocycles. The molecule has 2 aliphatic carbocycles. The first-order chi connectivity index (χ1) is 12.1. The predicted molar refractivity (Wildman–Crippen MR) is 95.9 cm³/mol. The number of amides is 1. The molecule has 6 heteroatoms. The molecule has 1 amide bonds. The summed E-state index contributed by atoms with van der Waals surface area (Å²) in [5.41, 5.74) is 8.11. The molecule has 3 N–H and O–H groups in total. The maximum Gasteiger partial charge on any atom is 0.251 e. The first-order valence-corrected chi connectivity index (χ1v) is 9.16. The Morgan fingerprint density at radius 3 is 2.60 bits per heavy atom. The molecule has 4 rings (SSSR count). The van der Waals surface area contributed by atoms with Crippen molar-refractivity contribution in [2.75, 3.05) is 0 Å². The summed E-state index contributed by atoms with van der Waals surface area (Å²) in [4.78, 5) is 16.8. The Kier molecular flexibility index (Phi) is 4.07. The van der Waals surface area contributed by atoms with Crippen molar-refractivity contribution in [1.82, 2.24) is 20.1 Å². The van der Waals surface area contributed by atoms with E-state index in [9.17, 15) is 4.79 Å². The van der Waals surface area contributed by atoms with Crippen LogP contribution in [0, 0.1) is 5.41 Å². The summed E-state index contributed by atoms with van der Waals surface area (Å²) in [7, 11) is 0. The van der Waals surface area contributed by atoms with Crippen LogP contribution in [0.1, 0.15) is 49.4 Å². The first kappa shape index (κ1) is 16.3. The predicted octanol–water partition coefficient (Wildman–Crippen LogP) is 2.35. The van der Waals surface area contributed by atoms with Crippen LogP contribution in [-0.4, -0.2) is 32.8 Å². The van der Waals surface area contributed by atoms with Crippen molar-refractivity contribution < 1.29 is 4.79 Å². The number of aromatic nitrogens is 3. The summed E-state index contributed by atoms with van der Waals surface area (Å²) in [5, 5.41) is 7.36. The number of benzene rings is 1. The van der Waals surface area contributed by atoms with E-state index in [4.69, 9.17) is 5.73 Å². The SMILES string of the molecule is CCn1ncnc1-c1ccc(C(=O)NC2CCC3(CC2)CC3N)cc1. The Labute approximate surface area is 147 Å². The quantitative estimate of drug-likeness (QED) is 0.895. The number of carbonyl (C=O) groups excluding carboxylic acids is 1. The maximum atomic E-state index is 12.5. The molecule has 1 unspecified atom stereocenters. The second-order valence-electron chi connectivity index (χ2n) is 7.40. The topological polar surface area (TPSA) is 85.8 Å². The standard InChI is InChI=1S/C19H25N5O/c1-2-24-17(21-12-22-24)13-3-5-14(6-4-13)18(25)23-15-7-9-19(10-8-15)11-16(19)20/h3-6,12,15-16H,2,7-11,20H2,1H3,(H,23,25). The lowest BCUT2D eigenvalue weighted by atomic mass is 9.83. The van der Waals surface area contributed by atoms with Crippen molar-refractivity contribution in [3.05, 3.63) is 36.2 Å². The van der Waals surface area contributed by atoms with E-state index in [1.165, 1.54) is 0 Å². The molecular formula is C19H25N5O. The molecule has 2 fully saturated rings. The van der Waals surface area contributed by atoms with Crippen LogP contribution in [0.25, 0.3) is 11.4 Å². The molecule has 0 saturated heterocycles. The maximum absolute atomic E-state index is 12.5. The molecule has 25 heavy (non-hydrogen) atoms. The number of rotatable bonds is 4. The second-order valence-corrected chi connectivity index (χ2v) is 7.40. The highest BCUT2D eigenvalue weighted by molar-refractivity contribution is 5.94. The number of nitrogens with zero attached hydrogens (tertiary/aromatic N) is 3. The smallest absolute Gasteiger partial charge is 0.251 e. The number of hydrogen-bond donors (Lipinski definition) is 2. The minimum atomic E-state index is 0.00422. The Balaban J connectivity index is 1.38. The lowest BCUT2D eigenvalue weighted by Gasteiger charge is -2.29. The molecule has 1 atom stereocenters. The molecule has 1 aromatic heterocycles. The number of carbonyl (C=O) groups is 1. The highest BCUT2D eigenvalue weighted by Gasteiger charge is 2.52. The van der Waals surface area contributed by atoms with Crippen LogP contribution in [0.3, 0.4) is 0 Å². The van der Waals surface area contributed by atoms with Crippen molar-refractivity contribution in [3.8, 4) is 11.4 Å². The van der Waals surface area contributed by atoms with Crippen LogP contribution in [-0.2, 0) is 6.54 Å². The van der Waals surface area contributed by atoms with E-state index < -0.39 is 0 Å². The summed E-state index contributed by atoms with van der Waals surface area (Å²) >= 11 is 0. The average molecular weight is 339 g/mol. The molecule has 132 valence electrons. The fourth-order valence-electron chi connectivity index (χ4n) is 4.05. The van der Waals surface area contributed by atoms with Gasteiger partial charge in [-0.3, -0.25) is 4.79 Å². The molecule has 1 aromatic carbocycles. The molecule has 2 aromatic rings. The fraction of sp³-hybridized carbons (Fsp3) is 0.526. The monoisotopic (exact) mass is 339 g/mol. The minimum absolute atomic E-state index is 0.00422. The van der Waals surface area contributed by atoms with Gasteiger partial charge in [-0.25, -0.2) is 9.67 Å². The third kappa shape index (κ3) is 3.06. The van der Waals surface area contributed by atoms with Crippen molar-refractivity contribution in [2.45, 2.75) is 57.7 Å². The van der Waals surface area contributed by atoms with Crippen molar-refractivity contribution in [1.29, 1.82) is 0 Å². The molecule has 0 bridgehead atoms. The van der Waals surface area contributed by atoms with Crippen LogP contribution in [0.2, 0.25) is 0 Å². The van der Waals surface area contributed by atoms with Crippen LogP contribution >= 0.6 is 0 Å². The van der Waals surface area contributed by atoms with Crippen LogP contribution < -0.4 is 11.1 Å². The van der Waals surface area contributed by atoms with Gasteiger partial charge in [0, 0.05) is 29.8 Å².